The minimum atomic E-state index is -3.65. The van der Waals surface area contributed by atoms with Crippen LogP contribution in [0.3, 0.4) is 0 Å². The van der Waals surface area contributed by atoms with Crippen LogP contribution in [-0.4, -0.2) is 36.7 Å². The third kappa shape index (κ3) is 4.13. The van der Waals surface area contributed by atoms with Crippen molar-refractivity contribution in [2.45, 2.75) is 31.1 Å². The summed E-state index contributed by atoms with van der Waals surface area (Å²) in [5, 5.41) is 5.56. The quantitative estimate of drug-likeness (QED) is 0.620. The van der Waals surface area contributed by atoms with Gasteiger partial charge in [-0.25, -0.2) is 13.4 Å². The molecule has 0 atom stereocenters. The van der Waals surface area contributed by atoms with Gasteiger partial charge in [-0.3, -0.25) is 4.79 Å². The van der Waals surface area contributed by atoms with Crippen molar-refractivity contribution in [2.24, 2.45) is 0 Å². The number of nitrogens with one attached hydrogen (secondary N) is 1. The highest BCUT2D eigenvalue weighted by Gasteiger charge is 2.29. The van der Waals surface area contributed by atoms with E-state index in [0.717, 1.165) is 29.1 Å². The molecule has 2 aromatic heterocycles. The normalized spacial score (nSPS) is 15.3. The average molecular weight is 448 g/mol. The Balaban J connectivity index is 1.62. The monoisotopic (exact) mass is 447 g/mol. The molecule has 29 heavy (non-hydrogen) atoms. The molecule has 1 N–H and O–H groups in total. The number of sulfonamides is 1. The van der Waals surface area contributed by atoms with Crippen LogP contribution in [0.1, 0.15) is 34.6 Å². The molecule has 1 fully saturated rings. The van der Waals surface area contributed by atoms with Gasteiger partial charge >= 0.3 is 0 Å². The van der Waals surface area contributed by atoms with Crippen molar-refractivity contribution in [3.05, 3.63) is 52.3 Å². The number of piperidine rings is 1. The zero-order valence-electron chi connectivity index (χ0n) is 15.9. The Morgan fingerprint density at radius 2 is 1.86 bits per heavy atom. The first-order chi connectivity index (χ1) is 14.0. The van der Waals surface area contributed by atoms with Gasteiger partial charge in [-0.15, -0.1) is 22.7 Å². The Hall–Kier alpha value is -2.07. The third-order valence-corrected chi connectivity index (χ3v) is 8.95. The summed E-state index contributed by atoms with van der Waals surface area (Å²) in [4.78, 5) is 19.1. The number of nitrogens with zero attached hydrogens (tertiary/aromatic N) is 2. The highest BCUT2D eigenvalue weighted by atomic mass is 32.2. The predicted molar refractivity (Wildman–Crippen MR) is 117 cm³/mol. The number of hydrogen-bond acceptors (Lipinski definition) is 6. The molecule has 0 radical (unpaired) electrons. The van der Waals surface area contributed by atoms with E-state index < -0.39 is 10.0 Å². The van der Waals surface area contributed by atoms with Gasteiger partial charge in [-0.1, -0.05) is 24.6 Å². The molecule has 0 bridgehead atoms. The second-order valence-electron chi connectivity index (χ2n) is 6.83. The van der Waals surface area contributed by atoms with Crippen LogP contribution in [0.2, 0.25) is 0 Å². The molecular weight excluding hydrogens is 426 g/mol. The van der Waals surface area contributed by atoms with Crippen molar-refractivity contribution in [3.63, 3.8) is 0 Å². The van der Waals surface area contributed by atoms with E-state index in [0.29, 0.717) is 29.3 Å². The molecule has 1 saturated heterocycles. The molecular formula is C20H21N3O3S3. The third-order valence-electron chi connectivity index (χ3n) is 4.80. The number of aromatic nitrogens is 1. The molecule has 9 heteroatoms. The number of thiazole rings is 1. The van der Waals surface area contributed by atoms with E-state index in [2.05, 4.69) is 10.3 Å². The Kier molecular flexibility index (Phi) is 5.82. The Morgan fingerprint density at radius 1 is 1.10 bits per heavy atom. The van der Waals surface area contributed by atoms with Crippen molar-refractivity contribution in [1.29, 1.82) is 0 Å². The molecule has 3 aromatic rings. The van der Waals surface area contributed by atoms with Crippen LogP contribution in [0.4, 0.5) is 5.69 Å². The van der Waals surface area contributed by atoms with E-state index in [1.54, 1.807) is 42.5 Å². The van der Waals surface area contributed by atoms with Crippen molar-refractivity contribution in [1.82, 2.24) is 9.29 Å². The van der Waals surface area contributed by atoms with Crippen LogP contribution in [0, 0.1) is 6.92 Å². The van der Waals surface area contributed by atoms with Gasteiger partial charge in [0.2, 0.25) is 10.0 Å². The molecule has 0 saturated carbocycles. The van der Waals surface area contributed by atoms with Gasteiger partial charge in [0.1, 0.15) is 14.8 Å². The van der Waals surface area contributed by atoms with Crippen LogP contribution in [0.5, 0.6) is 0 Å². The molecule has 3 heterocycles. The van der Waals surface area contributed by atoms with E-state index in [1.807, 2.05) is 17.5 Å². The number of rotatable bonds is 5. The van der Waals surface area contributed by atoms with Crippen molar-refractivity contribution >= 4 is 44.3 Å². The van der Waals surface area contributed by atoms with Gasteiger partial charge in [0.05, 0.1) is 16.3 Å². The van der Waals surface area contributed by atoms with Crippen molar-refractivity contribution < 1.29 is 13.2 Å². The second kappa shape index (κ2) is 8.35. The molecule has 1 aliphatic rings. The lowest BCUT2D eigenvalue weighted by atomic mass is 10.2. The van der Waals surface area contributed by atoms with E-state index in [4.69, 9.17) is 0 Å². The standard InChI is InChI=1S/C20H21N3O3S3/c1-14-18(28-20(21-14)16-9-7-13-27-16)19(24)22-15-8-3-4-10-17(15)29(25,26)23-11-5-2-6-12-23/h3-4,7-10,13H,2,5-6,11-12H2,1H3,(H,22,24). The van der Waals surface area contributed by atoms with Crippen LogP contribution >= 0.6 is 22.7 Å². The maximum absolute atomic E-state index is 13.1. The first-order valence-electron chi connectivity index (χ1n) is 9.38. The molecule has 6 nitrogen and oxygen atoms in total. The topological polar surface area (TPSA) is 79.4 Å². The summed E-state index contributed by atoms with van der Waals surface area (Å²) in [6, 6.07) is 10.5. The van der Waals surface area contributed by atoms with Crippen LogP contribution < -0.4 is 5.32 Å². The second-order valence-corrected chi connectivity index (χ2v) is 10.7. The summed E-state index contributed by atoms with van der Waals surface area (Å²) < 4.78 is 27.7. The molecule has 1 aliphatic heterocycles. The first-order valence-corrected chi connectivity index (χ1v) is 12.5. The van der Waals surface area contributed by atoms with E-state index in [-0.39, 0.29) is 10.8 Å². The van der Waals surface area contributed by atoms with Crippen LogP contribution in [0.25, 0.3) is 9.88 Å². The van der Waals surface area contributed by atoms with Gasteiger partial charge in [0.25, 0.3) is 5.91 Å². The summed E-state index contributed by atoms with van der Waals surface area (Å²) >= 11 is 2.88. The van der Waals surface area contributed by atoms with Gasteiger partial charge in [-0.2, -0.15) is 4.31 Å². The number of para-hydroxylation sites is 1. The Bertz CT molecular complexity index is 1120. The number of thiophene rings is 1. The highest BCUT2D eigenvalue weighted by molar-refractivity contribution is 7.89. The zero-order valence-corrected chi connectivity index (χ0v) is 18.4. The smallest absolute Gasteiger partial charge is 0.267 e. The lowest BCUT2D eigenvalue weighted by molar-refractivity contribution is 0.102. The summed E-state index contributed by atoms with van der Waals surface area (Å²) in [6.45, 7) is 2.82. The summed E-state index contributed by atoms with van der Waals surface area (Å²) in [5.41, 5.74) is 0.931. The molecule has 152 valence electrons. The number of carbonyl (C=O) groups excluding carboxylic acids is 1. The van der Waals surface area contributed by atoms with Crippen molar-refractivity contribution in [3.8, 4) is 9.88 Å². The predicted octanol–water partition coefficient (Wildman–Crippen LogP) is 4.61. The first kappa shape index (κ1) is 20.2. The number of aryl methyl sites for hydroxylation is 1. The van der Waals surface area contributed by atoms with E-state index >= 15 is 0 Å². The summed E-state index contributed by atoms with van der Waals surface area (Å²) in [6.07, 6.45) is 2.76. The fraction of sp³-hybridized carbons (Fsp3) is 0.300. The Labute approximate surface area is 178 Å². The lowest BCUT2D eigenvalue weighted by Gasteiger charge is -2.26. The summed E-state index contributed by atoms with van der Waals surface area (Å²) in [7, 11) is -3.65. The number of amides is 1. The van der Waals surface area contributed by atoms with Crippen LogP contribution in [-0.2, 0) is 10.0 Å². The Morgan fingerprint density at radius 3 is 2.59 bits per heavy atom. The average Bonchev–Trinajstić information content (AvgIpc) is 3.38. The van der Waals surface area contributed by atoms with Crippen molar-refractivity contribution in [2.75, 3.05) is 18.4 Å². The fourth-order valence-corrected chi connectivity index (χ4v) is 6.75. The fourth-order valence-electron chi connectivity index (χ4n) is 3.33. The van der Waals surface area contributed by atoms with Gasteiger partial charge in [0.15, 0.2) is 0 Å². The van der Waals surface area contributed by atoms with Crippen LogP contribution in [0.15, 0.2) is 46.7 Å². The number of hydrogen-bond donors (Lipinski definition) is 1. The SMILES string of the molecule is Cc1nc(-c2cccs2)sc1C(=O)Nc1ccccc1S(=O)(=O)N1CCCCC1. The van der Waals surface area contributed by atoms with E-state index in [9.17, 15) is 13.2 Å². The maximum Gasteiger partial charge on any atom is 0.267 e. The molecule has 0 spiro atoms. The zero-order chi connectivity index (χ0) is 20.4. The number of benzene rings is 1. The molecule has 0 unspecified atom stereocenters. The molecule has 1 amide bonds. The minimum absolute atomic E-state index is 0.135. The highest BCUT2D eigenvalue weighted by Crippen LogP contribution is 2.32. The number of carbonyl (C=O) groups is 1. The van der Waals surface area contributed by atoms with Gasteiger partial charge in [0, 0.05) is 13.1 Å². The number of anilines is 1. The maximum atomic E-state index is 13.1. The summed E-state index contributed by atoms with van der Waals surface area (Å²) in [5.74, 6) is -0.343. The van der Waals surface area contributed by atoms with E-state index in [1.165, 1.54) is 15.6 Å². The largest absolute Gasteiger partial charge is 0.320 e. The molecule has 1 aromatic carbocycles. The van der Waals surface area contributed by atoms with Gasteiger partial charge < -0.3 is 5.32 Å². The molecule has 4 rings (SSSR count). The molecule has 0 aliphatic carbocycles. The lowest BCUT2D eigenvalue weighted by Crippen LogP contribution is -2.36. The van der Waals surface area contributed by atoms with Gasteiger partial charge in [-0.05, 0) is 43.3 Å². The minimum Gasteiger partial charge on any atom is -0.320 e.